The van der Waals surface area contributed by atoms with Crippen LogP contribution in [0.3, 0.4) is 0 Å². The van der Waals surface area contributed by atoms with E-state index in [0.717, 1.165) is 6.34 Å². The highest BCUT2D eigenvalue weighted by Gasteiger charge is 2.57. The van der Waals surface area contributed by atoms with Crippen LogP contribution in [-0.2, 0) is 13.8 Å². The maximum atomic E-state index is 12.2. The zero-order valence-corrected chi connectivity index (χ0v) is 12.9. The first-order chi connectivity index (χ1) is 10.5. The second-order valence-corrected chi connectivity index (χ2v) is 5.51. The van der Waals surface area contributed by atoms with Crippen LogP contribution in [0.1, 0.15) is 19.8 Å². The lowest BCUT2D eigenvalue weighted by Gasteiger charge is -2.44. The van der Waals surface area contributed by atoms with E-state index in [1.165, 1.54) is 11.8 Å². The van der Waals surface area contributed by atoms with Crippen LogP contribution in [0, 0.1) is 5.92 Å². The highest BCUT2D eigenvalue weighted by molar-refractivity contribution is 7.75. The molecule has 0 aromatic carbocycles. The highest BCUT2D eigenvalue weighted by Crippen LogP contribution is 2.45. The van der Waals surface area contributed by atoms with Crippen LogP contribution in [0.5, 0.6) is 0 Å². The van der Waals surface area contributed by atoms with Gasteiger partial charge < -0.3 is 25.0 Å². The summed E-state index contributed by atoms with van der Waals surface area (Å²) in [5.41, 5.74) is 5.98. The largest absolute Gasteiger partial charge is 0.396 e. The Kier molecular flexibility index (Phi) is 5.09. The third-order valence-corrected chi connectivity index (χ3v) is 4.28. The lowest BCUT2D eigenvalue weighted by molar-refractivity contribution is -0.160. The predicted octanol–water partition coefficient (Wildman–Crippen LogP) is -1.02. The molecule has 0 bridgehead atoms. The van der Waals surface area contributed by atoms with Gasteiger partial charge in [-0.15, -0.1) is 0 Å². The van der Waals surface area contributed by atoms with Crippen molar-refractivity contribution in [3.8, 4) is 0 Å². The van der Waals surface area contributed by atoms with Gasteiger partial charge in [-0.1, -0.05) is 0 Å². The molecule has 1 saturated heterocycles. The lowest BCUT2D eigenvalue weighted by atomic mass is 9.82. The Morgan fingerprint density at radius 3 is 2.86 bits per heavy atom. The number of aliphatic imine (C=N–C) groups is 1. The number of thiol groups is 1. The van der Waals surface area contributed by atoms with Crippen molar-refractivity contribution in [2.24, 2.45) is 16.6 Å². The monoisotopic (exact) mass is 329 g/mol. The van der Waals surface area contributed by atoms with Crippen molar-refractivity contribution >= 4 is 31.1 Å². The highest BCUT2D eigenvalue weighted by atomic mass is 32.1. The summed E-state index contributed by atoms with van der Waals surface area (Å²) in [6.45, 7) is 1.39. The van der Waals surface area contributed by atoms with E-state index in [1.807, 2.05) is 0 Å². The van der Waals surface area contributed by atoms with E-state index in [1.54, 1.807) is 0 Å². The molecule has 9 heteroatoms. The van der Waals surface area contributed by atoms with Gasteiger partial charge in [-0.3, -0.25) is 9.79 Å². The number of hydrogen-bond donors (Lipinski definition) is 4. The fraction of sp³-hybridized carbons (Fsp3) is 0.615. The van der Waals surface area contributed by atoms with Gasteiger partial charge in [0, 0.05) is 19.5 Å². The summed E-state index contributed by atoms with van der Waals surface area (Å²) in [4.78, 5) is 29.6. The first-order valence-corrected chi connectivity index (χ1v) is 7.28. The normalized spacial score (nSPS) is 26.9. The van der Waals surface area contributed by atoms with Crippen molar-refractivity contribution < 1.29 is 24.0 Å². The van der Waals surface area contributed by atoms with Crippen molar-refractivity contribution in [3.63, 3.8) is 0 Å². The molecule has 0 spiro atoms. The Morgan fingerprint density at radius 2 is 2.36 bits per heavy atom. The van der Waals surface area contributed by atoms with Crippen molar-refractivity contribution in [3.05, 3.63) is 11.3 Å². The molecular weight excluding hydrogens is 310 g/mol. The number of fused-ring (bicyclic) bond motifs is 1. The minimum Gasteiger partial charge on any atom is -0.396 e. The van der Waals surface area contributed by atoms with Crippen molar-refractivity contribution in [2.45, 2.75) is 38.0 Å². The van der Waals surface area contributed by atoms with E-state index in [2.05, 4.69) is 22.1 Å². The van der Waals surface area contributed by atoms with Gasteiger partial charge in [0.15, 0.2) is 0 Å². The molecule has 0 aromatic rings. The number of nitrogens with two attached hydrogens (primary N) is 1. The predicted molar refractivity (Wildman–Crippen MR) is 80.7 cm³/mol. The van der Waals surface area contributed by atoms with Crippen molar-refractivity contribution in [1.29, 1.82) is 0 Å². The lowest BCUT2D eigenvalue weighted by Crippen LogP contribution is -2.61. The van der Waals surface area contributed by atoms with Crippen LogP contribution in [0.2, 0.25) is 0 Å². The third kappa shape index (κ3) is 2.59. The van der Waals surface area contributed by atoms with E-state index in [9.17, 15) is 14.7 Å². The topological polar surface area (TPSA) is 125 Å². The number of aliphatic hydroxyl groups excluding tert-OH is 2. The summed E-state index contributed by atoms with van der Waals surface area (Å²) in [6.07, 6.45) is 0.929. The number of carbonyl (C=O) groups excluding carboxylic acids is 2. The molecule has 1 unspecified atom stereocenters. The minimum absolute atomic E-state index is 0.0888. The first kappa shape index (κ1) is 16.8. The third-order valence-electron chi connectivity index (χ3n) is 4.11. The summed E-state index contributed by atoms with van der Waals surface area (Å²) in [5, 5.41) is 18.9. The zero-order valence-electron chi connectivity index (χ0n) is 12.0. The van der Waals surface area contributed by atoms with Crippen molar-refractivity contribution in [2.75, 3.05) is 6.61 Å². The van der Waals surface area contributed by atoms with Crippen molar-refractivity contribution in [1.82, 2.24) is 4.90 Å². The SMILES string of the molecule is C[C@@H](O)[C@H]1C(=O)N2C(C(=O)OS)=C(C(CCO)N=CN)C[C@H]12. The van der Waals surface area contributed by atoms with E-state index in [0.29, 0.717) is 12.0 Å². The van der Waals surface area contributed by atoms with Crippen LogP contribution in [0.4, 0.5) is 0 Å². The molecule has 0 aromatic heterocycles. The Hall–Kier alpha value is -1.58. The summed E-state index contributed by atoms with van der Waals surface area (Å²) < 4.78 is 4.46. The van der Waals surface area contributed by atoms with Crippen LogP contribution >= 0.6 is 12.9 Å². The maximum absolute atomic E-state index is 12.2. The summed E-state index contributed by atoms with van der Waals surface area (Å²) in [6, 6.07) is -0.829. The van der Waals surface area contributed by atoms with Crippen LogP contribution in [0.25, 0.3) is 0 Å². The molecule has 4 atom stereocenters. The number of β-lactam (4-membered cyclic amide) rings is 1. The second-order valence-electron chi connectivity index (χ2n) is 5.32. The van der Waals surface area contributed by atoms with E-state index >= 15 is 0 Å². The van der Waals surface area contributed by atoms with Gasteiger partial charge in [-0.25, -0.2) is 4.79 Å². The fourth-order valence-electron chi connectivity index (χ4n) is 3.20. The Balaban J connectivity index is 2.39. The molecule has 0 saturated carbocycles. The van der Waals surface area contributed by atoms with Crippen LogP contribution in [-0.4, -0.2) is 58.1 Å². The van der Waals surface area contributed by atoms with Gasteiger partial charge in [0.05, 0.1) is 30.4 Å². The second kappa shape index (κ2) is 6.67. The molecule has 1 fully saturated rings. The smallest absolute Gasteiger partial charge is 0.366 e. The Bertz CT molecular complexity index is 534. The Morgan fingerprint density at radius 1 is 1.68 bits per heavy atom. The maximum Gasteiger partial charge on any atom is 0.366 e. The fourth-order valence-corrected chi connectivity index (χ4v) is 3.28. The van der Waals surface area contributed by atoms with E-state index < -0.39 is 24.0 Å². The molecule has 2 aliphatic heterocycles. The average Bonchev–Trinajstić information content (AvgIpc) is 2.80. The van der Waals surface area contributed by atoms with Gasteiger partial charge in [-0.05, 0) is 25.3 Å². The number of carbonyl (C=O) groups is 2. The number of aliphatic hydroxyl groups is 2. The van der Waals surface area contributed by atoms with Gasteiger partial charge in [0.1, 0.15) is 5.70 Å². The van der Waals surface area contributed by atoms with Gasteiger partial charge in [-0.2, -0.15) is 0 Å². The molecule has 2 aliphatic rings. The molecule has 2 heterocycles. The summed E-state index contributed by atoms with van der Waals surface area (Å²) in [7, 11) is 0. The van der Waals surface area contributed by atoms with Gasteiger partial charge in [0.25, 0.3) is 0 Å². The van der Waals surface area contributed by atoms with Crippen LogP contribution < -0.4 is 5.73 Å². The average molecular weight is 329 g/mol. The molecular formula is C13H19N3O5S. The number of rotatable bonds is 6. The Labute approximate surface area is 133 Å². The van der Waals surface area contributed by atoms with Gasteiger partial charge >= 0.3 is 5.97 Å². The quantitative estimate of drug-likeness (QED) is 0.162. The molecule has 8 nitrogen and oxygen atoms in total. The minimum atomic E-state index is -0.810. The number of hydrogen-bond acceptors (Lipinski definition) is 7. The standard InChI is InChI=1S/C13H19N3O5S/c1-6(18)10-9-4-7(8(2-3-17)15-5-14)11(13(20)21-22)16(9)12(10)19/h5-6,8-10,17-18,22H,2-4H2,1H3,(H2,14,15)/t6-,8?,9-,10-/m1/s1. The summed E-state index contributed by atoms with van der Waals surface area (Å²) >= 11 is 3.51. The first-order valence-electron chi connectivity index (χ1n) is 6.92. The number of amides is 1. The molecule has 4 N–H and O–H groups in total. The van der Waals surface area contributed by atoms with E-state index in [4.69, 9.17) is 10.8 Å². The molecule has 0 aliphatic carbocycles. The molecule has 22 heavy (non-hydrogen) atoms. The van der Waals surface area contributed by atoms with Gasteiger partial charge in [0.2, 0.25) is 5.91 Å². The summed E-state index contributed by atoms with van der Waals surface area (Å²) in [5.74, 6) is -1.64. The molecule has 0 radical (unpaired) electrons. The van der Waals surface area contributed by atoms with E-state index in [-0.39, 0.29) is 30.7 Å². The molecule has 2 rings (SSSR count). The zero-order chi connectivity index (χ0) is 16.4. The molecule has 1 amide bonds. The van der Waals surface area contributed by atoms with Crippen LogP contribution in [0.15, 0.2) is 16.3 Å². The number of nitrogens with zero attached hydrogens (tertiary/aromatic N) is 2. The molecule has 122 valence electrons.